The summed E-state index contributed by atoms with van der Waals surface area (Å²) >= 11 is 0. The number of halogens is 1. The maximum Gasteiger partial charge on any atom is 0.310 e. The average Bonchev–Trinajstić information content (AvgIpc) is 2.99. The highest BCUT2D eigenvalue weighted by atomic mass is 19.1. The van der Waals surface area contributed by atoms with E-state index in [1.165, 1.54) is 6.07 Å². The van der Waals surface area contributed by atoms with Crippen molar-refractivity contribution in [3.63, 3.8) is 0 Å². The summed E-state index contributed by atoms with van der Waals surface area (Å²) in [7, 11) is 1.81. The number of aliphatic carboxylic acids is 1. The van der Waals surface area contributed by atoms with Crippen molar-refractivity contribution >= 4 is 17.0 Å². The van der Waals surface area contributed by atoms with Crippen LogP contribution in [0.4, 0.5) is 4.39 Å². The van der Waals surface area contributed by atoms with Gasteiger partial charge in [-0.15, -0.1) is 0 Å². The van der Waals surface area contributed by atoms with Crippen molar-refractivity contribution in [1.29, 1.82) is 0 Å². The molecule has 1 aromatic carbocycles. The van der Waals surface area contributed by atoms with Crippen molar-refractivity contribution in [2.75, 3.05) is 0 Å². The summed E-state index contributed by atoms with van der Waals surface area (Å²) in [5.41, 5.74) is 0.299. The van der Waals surface area contributed by atoms with Gasteiger partial charge < -0.3 is 9.67 Å². The number of hydrogen-bond acceptors (Lipinski definition) is 2. The number of carboxylic acid groups (broad SMARTS) is 1. The van der Waals surface area contributed by atoms with Crippen LogP contribution in [-0.4, -0.2) is 20.6 Å². The minimum absolute atomic E-state index is 0.323. The first-order valence-electron chi connectivity index (χ1n) is 6.87. The van der Waals surface area contributed by atoms with E-state index in [-0.39, 0.29) is 5.82 Å². The number of rotatable bonds is 3. The van der Waals surface area contributed by atoms with E-state index in [0.29, 0.717) is 36.1 Å². The minimum atomic E-state index is -0.762. The Morgan fingerprint density at radius 3 is 2.75 bits per heavy atom. The highest BCUT2D eigenvalue weighted by Gasteiger charge is 2.42. The highest BCUT2D eigenvalue weighted by molar-refractivity contribution is 5.78. The molecule has 20 heavy (non-hydrogen) atoms. The Bertz CT molecular complexity index is 672. The van der Waals surface area contributed by atoms with Crippen LogP contribution < -0.4 is 0 Å². The van der Waals surface area contributed by atoms with Gasteiger partial charge in [-0.25, -0.2) is 9.37 Å². The van der Waals surface area contributed by atoms with Gasteiger partial charge in [0.15, 0.2) is 5.82 Å². The quantitative estimate of drug-likeness (QED) is 0.937. The number of carbonyl (C=O) groups is 1. The van der Waals surface area contributed by atoms with Gasteiger partial charge in [0.1, 0.15) is 11.3 Å². The van der Waals surface area contributed by atoms with E-state index in [4.69, 9.17) is 0 Å². The number of carboxylic acids is 1. The van der Waals surface area contributed by atoms with Crippen molar-refractivity contribution in [2.24, 2.45) is 12.5 Å². The van der Waals surface area contributed by atoms with Gasteiger partial charge in [-0.1, -0.05) is 18.9 Å². The maximum absolute atomic E-state index is 13.8. The van der Waals surface area contributed by atoms with Crippen LogP contribution in [0.2, 0.25) is 0 Å². The lowest BCUT2D eigenvalue weighted by Crippen LogP contribution is -2.31. The summed E-state index contributed by atoms with van der Waals surface area (Å²) in [5.74, 6) is -0.475. The molecule has 1 N–H and O–H groups in total. The highest BCUT2D eigenvalue weighted by Crippen LogP contribution is 2.41. The fourth-order valence-corrected chi connectivity index (χ4v) is 3.21. The van der Waals surface area contributed by atoms with Crippen molar-refractivity contribution < 1.29 is 14.3 Å². The first-order chi connectivity index (χ1) is 9.53. The van der Waals surface area contributed by atoms with E-state index in [2.05, 4.69) is 4.98 Å². The molecule has 1 aromatic heterocycles. The lowest BCUT2D eigenvalue weighted by molar-refractivity contribution is -0.148. The SMILES string of the molecule is Cn1c(CC2(C(=O)O)CCCC2)nc2c(F)cccc21. The van der Waals surface area contributed by atoms with Gasteiger partial charge in [0, 0.05) is 13.5 Å². The summed E-state index contributed by atoms with van der Waals surface area (Å²) in [6, 6.07) is 4.82. The number of benzene rings is 1. The molecule has 0 radical (unpaired) electrons. The van der Waals surface area contributed by atoms with Crippen LogP contribution in [0, 0.1) is 11.2 Å². The van der Waals surface area contributed by atoms with Crippen LogP contribution in [0.5, 0.6) is 0 Å². The number of fused-ring (bicyclic) bond motifs is 1. The minimum Gasteiger partial charge on any atom is -0.481 e. The van der Waals surface area contributed by atoms with Gasteiger partial charge in [-0.05, 0) is 25.0 Å². The fourth-order valence-electron chi connectivity index (χ4n) is 3.21. The lowest BCUT2D eigenvalue weighted by Gasteiger charge is -2.23. The predicted molar refractivity (Wildman–Crippen MR) is 72.9 cm³/mol. The number of para-hydroxylation sites is 1. The Morgan fingerprint density at radius 1 is 1.45 bits per heavy atom. The largest absolute Gasteiger partial charge is 0.481 e. The Labute approximate surface area is 116 Å². The third-order valence-corrected chi connectivity index (χ3v) is 4.47. The summed E-state index contributed by atoms with van der Waals surface area (Å²) in [6.07, 6.45) is 3.59. The summed E-state index contributed by atoms with van der Waals surface area (Å²) in [5, 5.41) is 9.53. The first-order valence-corrected chi connectivity index (χ1v) is 6.87. The van der Waals surface area contributed by atoms with E-state index >= 15 is 0 Å². The number of aromatic nitrogens is 2. The molecule has 106 valence electrons. The predicted octanol–water partition coefficient (Wildman–Crippen LogP) is 2.90. The van der Waals surface area contributed by atoms with E-state index < -0.39 is 11.4 Å². The zero-order chi connectivity index (χ0) is 14.3. The van der Waals surface area contributed by atoms with Crippen LogP contribution in [0.25, 0.3) is 11.0 Å². The average molecular weight is 276 g/mol. The van der Waals surface area contributed by atoms with Crippen molar-refractivity contribution in [3.05, 3.63) is 29.8 Å². The zero-order valence-corrected chi connectivity index (χ0v) is 11.4. The fraction of sp³-hybridized carbons (Fsp3) is 0.467. The zero-order valence-electron chi connectivity index (χ0n) is 11.4. The molecule has 1 heterocycles. The van der Waals surface area contributed by atoms with E-state index in [9.17, 15) is 14.3 Å². The second-order valence-corrected chi connectivity index (χ2v) is 5.66. The molecule has 4 nitrogen and oxygen atoms in total. The molecule has 1 aliphatic carbocycles. The standard InChI is InChI=1S/C15H17FN2O2/c1-18-11-6-4-5-10(16)13(11)17-12(18)9-15(14(19)20)7-2-3-8-15/h4-6H,2-3,7-9H2,1H3,(H,19,20). The molecule has 0 unspecified atom stereocenters. The first kappa shape index (κ1) is 13.1. The molecule has 0 atom stereocenters. The van der Waals surface area contributed by atoms with Crippen molar-refractivity contribution in [2.45, 2.75) is 32.1 Å². The lowest BCUT2D eigenvalue weighted by atomic mass is 9.82. The van der Waals surface area contributed by atoms with Crippen LogP contribution in [-0.2, 0) is 18.3 Å². The van der Waals surface area contributed by atoms with Gasteiger partial charge in [-0.3, -0.25) is 4.79 Å². The molecular formula is C15H17FN2O2. The van der Waals surface area contributed by atoms with E-state index in [0.717, 1.165) is 12.8 Å². The Balaban J connectivity index is 2.05. The molecule has 0 bridgehead atoms. The molecule has 0 saturated heterocycles. The summed E-state index contributed by atoms with van der Waals surface area (Å²) in [4.78, 5) is 15.9. The number of nitrogens with zero attached hydrogens (tertiary/aromatic N) is 2. The molecular weight excluding hydrogens is 259 g/mol. The summed E-state index contributed by atoms with van der Waals surface area (Å²) < 4.78 is 15.6. The molecule has 1 fully saturated rings. The van der Waals surface area contributed by atoms with E-state index in [1.54, 1.807) is 16.7 Å². The van der Waals surface area contributed by atoms with Gasteiger partial charge in [0.2, 0.25) is 0 Å². The Morgan fingerprint density at radius 2 is 2.15 bits per heavy atom. The smallest absolute Gasteiger partial charge is 0.310 e. The second kappa shape index (κ2) is 4.58. The van der Waals surface area contributed by atoms with E-state index in [1.807, 2.05) is 7.05 Å². The van der Waals surface area contributed by atoms with Crippen LogP contribution >= 0.6 is 0 Å². The van der Waals surface area contributed by atoms with Gasteiger partial charge >= 0.3 is 5.97 Å². The Hall–Kier alpha value is -1.91. The third kappa shape index (κ3) is 1.88. The van der Waals surface area contributed by atoms with Crippen molar-refractivity contribution in [3.8, 4) is 0 Å². The third-order valence-electron chi connectivity index (χ3n) is 4.47. The Kier molecular flexibility index (Phi) is 3.00. The van der Waals surface area contributed by atoms with Crippen LogP contribution in [0.1, 0.15) is 31.5 Å². The second-order valence-electron chi connectivity index (χ2n) is 5.66. The molecule has 0 spiro atoms. The molecule has 5 heteroatoms. The normalized spacial score (nSPS) is 17.7. The van der Waals surface area contributed by atoms with Crippen molar-refractivity contribution in [1.82, 2.24) is 9.55 Å². The van der Waals surface area contributed by atoms with Crippen LogP contribution in [0.3, 0.4) is 0 Å². The molecule has 1 aliphatic rings. The molecule has 0 amide bonds. The number of aryl methyl sites for hydroxylation is 1. The number of imidazole rings is 1. The molecule has 3 rings (SSSR count). The molecule has 0 aliphatic heterocycles. The molecule has 1 saturated carbocycles. The van der Waals surface area contributed by atoms with Crippen LogP contribution in [0.15, 0.2) is 18.2 Å². The number of hydrogen-bond donors (Lipinski definition) is 1. The monoisotopic (exact) mass is 276 g/mol. The summed E-state index contributed by atoms with van der Waals surface area (Å²) in [6.45, 7) is 0. The maximum atomic E-state index is 13.8. The van der Waals surface area contributed by atoms with Gasteiger partial charge in [0.05, 0.1) is 10.9 Å². The van der Waals surface area contributed by atoms with Gasteiger partial charge in [-0.2, -0.15) is 0 Å². The topological polar surface area (TPSA) is 55.1 Å². The van der Waals surface area contributed by atoms with Gasteiger partial charge in [0.25, 0.3) is 0 Å². The molecule has 2 aromatic rings.